The number of thiocarbonyl (C=S) groups is 1. The maximum atomic E-state index is 12.6. The first-order valence-electron chi connectivity index (χ1n) is 6.54. The van der Waals surface area contributed by atoms with Gasteiger partial charge in [-0.3, -0.25) is 9.69 Å². The number of carbonyl (C=O) groups is 1. The van der Waals surface area contributed by atoms with Crippen LogP contribution in [0.25, 0.3) is 6.08 Å². The summed E-state index contributed by atoms with van der Waals surface area (Å²) < 4.78 is 0. The number of aryl methyl sites for hydroxylation is 2. The lowest BCUT2D eigenvalue weighted by atomic mass is 10.2. The van der Waals surface area contributed by atoms with Crippen molar-refractivity contribution in [1.29, 1.82) is 0 Å². The molecule has 1 N–H and O–H groups in total. The Labute approximate surface area is 132 Å². The molecule has 1 amide bonds. The fourth-order valence-electron chi connectivity index (χ4n) is 2.20. The Kier molecular flexibility index (Phi) is 3.61. The van der Waals surface area contributed by atoms with Crippen molar-refractivity contribution in [2.75, 3.05) is 4.90 Å². The van der Waals surface area contributed by atoms with E-state index in [0.717, 1.165) is 21.7 Å². The Hall–Kier alpha value is -1.98. The Bertz CT molecular complexity index is 761. The molecular weight excluding hydrogens is 300 g/mol. The van der Waals surface area contributed by atoms with E-state index in [2.05, 4.69) is 5.32 Å². The number of thiophene rings is 1. The highest BCUT2D eigenvalue weighted by Crippen LogP contribution is 2.25. The molecule has 0 unspecified atom stereocenters. The van der Waals surface area contributed by atoms with Crippen molar-refractivity contribution >= 4 is 46.3 Å². The third kappa shape index (κ3) is 2.62. The molecular formula is C16H14N2OS2. The SMILES string of the molecule is Cc1cccc(N2C(=O)/C(=C\c3sccc3C)NC2=S)c1. The van der Waals surface area contributed by atoms with Crippen molar-refractivity contribution < 1.29 is 4.79 Å². The highest BCUT2D eigenvalue weighted by atomic mass is 32.1. The molecule has 0 atom stereocenters. The Balaban J connectivity index is 1.96. The number of anilines is 1. The second kappa shape index (κ2) is 5.42. The molecule has 0 spiro atoms. The van der Waals surface area contributed by atoms with E-state index in [4.69, 9.17) is 12.2 Å². The number of hydrogen-bond donors (Lipinski definition) is 1. The zero-order valence-corrected chi connectivity index (χ0v) is 13.3. The fourth-order valence-corrected chi connectivity index (χ4v) is 3.36. The van der Waals surface area contributed by atoms with Crippen molar-refractivity contribution in [3.8, 4) is 0 Å². The fraction of sp³-hybridized carbons (Fsp3) is 0.125. The van der Waals surface area contributed by atoms with Crippen LogP contribution in [0.3, 0.4) is 0 Å². The molecule has 1 aliphatic rings. The van der Waals surface area contributed by atoms with Crippen molar-refractivity contribution in [3.63, 3.8) is 0 Å². The van der Waals surface area contributed by atoms with Gasteiger partial charge in [0.1, 0.15) is 5.70 Å². The second-order valence-electron chi connectivity index (χ2n) is 4.94. The molecule has 1 saturated heterocycles. The molecule has 21 heavy (non-hydrogen) atoms. The zero-order chi connectivity index (χ0) is 15.0. The Morgan fingerprint density at radius 3 is 2.76 bits per heavy atom. The minimum atomic E-state index is -0.113. The van der Waals surface area contributed by atoms with Crippen molar-refractivity contribution in [2.24, 2.45) is 0 Å². The summed E-state index contributed by atoms with van der Waals surface area (Å²) in [5.74, 6) is -0.113. The normalized spacial score (nSPS) is 16.7. The summed E-state index contributed by atoms with van der Waals surface area (Å²) in [4.78, 5) is 15.2. The first-order valence-corrected chi connectivity index (χ1v) is 7.83. The molecule has 1 fully saturated rings. The smallest absolute Gasteiger partial charge is 0.281 e. The van der Waals surface area contributed by atoms with E-state index in [1.54, 1.807) is 11.3 Å². The Morgan fingerprint density at radius 2 is 2.10 bits per heavy atom. The number of amides is 1. The maximum absolute atomic E-state index is 12.6. The number of rotatable bonds is 2. The van der Waals surface area contributed by atoms with Gasteiger partial charge in [0.05, 0.1) is 5.69 Å². The van der Waals surface area contributed by atoms with Crippen LogP contribution in [-0.4, -0.2) is 11.0 Å². The Morgan fingerprint density at radius 1 is 1.29 bits per heavy atom. The van der Waals surface area contributed by atoms with Gasteiger partial charge >= 0.3 is 0 Å². The summed E-state index contributed by atoms with van der Waals surface area (Å²) in [6.07, 6.45) is 1.87. The lowest BCUT2D eigenvalue weighted by Crippen LogP contribution is -2.30. The molecule has 1 aromatic carbocycles. The first kappa shape index (κ1) is 14.0. The highest BCUT2D eigenvalue weighted by molar-refractivity contribution is 7.80. The van der Waals surface area contributed by atoms with Crippen LogP contribution >= 0.6 is 23.6 Å². The maximum Gasteiger partial charge on any atom is 0.281 e. The van der Waals surface area contributed by atoms with Crippen LogP contribution in [0.2, 0.25) is 0 Å². The third-order valence-corrected chi connectivity index (χ3v) is 4.57. The van der Waals surface area contributed by atoms with E-state index >= 15 is 0 Å². The number of benzene rings is 1. The standard InChI is InChI=1S/C16H14N2OS2/c1-10-4-3-5-12(8-10)18-15(19)13(17-16(18)20)9-14-11(2)6-7-21-14/h3-9H,1-2H3,(H,17,20)/b13-9+. The molecule has 2 aromatic rings. The van der Waals surface area contributed by atoms with Gasteiger partial charge in [-0.2, -0.15) is 0 Å². The van der Waals surface area contributed by atoms with Gasteiger partial charge in [-0.1, -0.05) is 12.1 Å². The predicted octanol–water partition coefficient (Wildman–Crippen LogP) is 3.63. The highest BCUT2D eigenvalue weighted by Gasteiger charge is 2.32. The van der Waals surface area contributed by atoms with Crippen molar-refractivity contribution in [2.45, 2.75) is 13.8 Å². The van der Waals surface area contributed by atoms with Gasteiger partial charge in [-0.25, -0.2) is 0 Å². The summed E-state index contributed by atoms with van der Waals surface area (Å²) in [5.41, 5.74) is 3.56. The first-order chi connectivity index (χ1) is 10.1. The molecule has 3 nitrogen and oxygen atoms in total. The van der Waals surface area contributed by atoms with E-state index in [-0.39, 0.29) is 5.91 Å². The summed E-state index contributed by atoms with van der Waals surface area (Å²) in [6.45, 7) is 4.02. The number of nitrogens with zero attached hydrogens (tertiary/aromatic N) is 1. The quantitative estimate of drug-likeness (QED) is 0.678. The van der Waals surface area contributed by atoms with Gasteiger partial charge in [0, 0.05) is 4.88 Å². The van der Waals surface area contributed by atoms with Crippen LogP contribution in [-0.2, 0) is 4.79 Å². The number of hydrogen-bond acceptors (Lipinski definition) is 3. The monoisotopic (exact) mass is 314 g/mol. The zero-order valence-electron chi connectivity index (χ0n) is 11.7. The number of nitrogens with one attached hydrogen (secondary N) is 1. The van der Waals surface area contributed by atoms with Crippen LogP contribution in [0.5, 0.6) is 0 Å². The molecule has 1 aromatic heterocycles. The summed E-state index contributed by atoms with van der Waals surface area (Å²) >= 11 is 6.91. The third-order valence-electron chi connectivity index (χ3n) is 3.32. The second-order valence-corrected chi connectivity index (χ2v) is 6.27. The summed E-state index contributed by atoms with van der Waals surface area (Å²) in [6, 6.07) is 9.79. The molecule has 106 valence electrons. The van der Waals surface area contributed by atoms with Gasteiger partial charge in [-0.05, 0) is 66.8 Å². The molecule has 5 heteroatoms. The number of carbonyl (C=O) groups excluding carboxylic acids is 1. The molecule has 0 radical (unpaired) electrons. The molecule has 0 aliphatic carbocycles. The molecule has 1 aliphatic heterocycles. The van der Waals surface area contributed by atoms with Gasteiger partial charge < -0.3 is 5.32 Å². The lowest BCUT2D eigenvalue weighted by molar-refractivity contribution is -0.113. The van der Waals surface area contributed by atoms with Crippen molar-refractivity contribution in [1.82, 2.24) is 5.32 Å². The van der Waals surface area contributed by atoms with Crippen molar-refractivity contribution in [3.05, 3.63) is 57.4 Å². The summed E-state index contributed by atoms with van der Waals surface area (Å²) in [7, 11) is 0. The van der Waals surface area contributed by atoms with E-state index < -0.39 is 0 Å². The van der Waals surface area contributed by atoms with Gasteiger partial charge in [0.15, 0.2) is 5.11 Å². The van der Waals surface area contributed by atoms with Crippen LogP contribution in [0.1, 0.15) is 16.0 Å². The van der Waals surface area contributed by atoms with Gasteiger partial charge in [0.25, 0.3) is 5.91 Å². The largest absolute Gasteiger partial charge is 0.327 e. The molecule has 0 bridgehead atoms. The average Bonchev–Trinajstić information content (AvgIpc) is 2.95. The van der Waals surface area contributed by atoms with E-state index in [1.807, 2.05) is 55.6 Å². The lowest BCUT2D eigenvalue weighted by Gasteiger charge is -2.14. The molecule has 0 saturated carbocycles. The minimum Gasteiger partial charge on any atom is -0.327 e. The van der Waals surface area contributed by atoms with Crippen LogP contribution in [0.4, 0.5) is 5.69 Å². The van der Waals surface area contributed by atoms with E-state index in [0.29, 0.717) is 10.8 Å². The van der Waals surface area contributed by atoms with Gasteiger partial charge in [-0.15, -0.1) is 11.3 Å². The minimum absolute atomic E-state index is 0.113. The van der Waals surface area contributed by atoms with E-state index in [9.17, 15) is 4.79 Å². The molecule has 3 rings (SSSR count). The average molecular weight is 314 g/mol. The van der Waals surface area contributed by atoms with Crippen LogP contribution in [0.15, 0.2) is 41.4 Å². The topological polar surface area (TPSA) is 32.3 Å². The molecule has 2 heterocycles. The predicted molar refractivity (Wildman–Crippen MR) is 91.4 cm³/mol. The van der Waals surface area contributed by atoms with E-state index in [1.165, 1.54) is 4.90 Å². The summed E-state index contributed by atoms with van der Waals surface area (Å²) in [5, 5.41) is 5.45. The van der Waals surface area contributed by atoms with Crippen LogP contribution in [0, 0.1) is 13.8 Å². The van der Waals surface area contributed by atoms with Crippen LogP contribution < -0.4 is 10.2 Å². The van der Waals surface area contributed by atoms with Gasteiger partial charge in [0.2, 0.25) is 0 Å².